The maximum absolute atomic E-state index is 10.5. The van der Waals surface area contributed by atoms with E-state index in [1.54, 1.807) is 6.07 Å². The molecule has 2 aromatic carbocycles. The molecular weight excluding hydrogens is 284 g/mol. The molecule has 122 valence electrons. The van der Waals surface area contributed by atoms with Crippen molar-refractivity contribution in [2.24, 2.45) is 0 Å². The van der Waals surface area contributed by atoms with Crippen LogP contribution in [0.1, 0.15) is 67.2 Å². The van der Waals surface area contributed by atoms with E-state index in [1.165, 1.54) is 43.2 Å². The second-order valence-corrected chi connectivity index (χ2v) is 6.67. The Morgan fingerprint density at radius 1 is 0.870 bits per heavy atom. The van der Waals surface area contributed by atoms with Crippen LogP contribution < -0.4 is 0 Å². The summed E-state index contributed by atoms with van der Waals surface area (Å²) in [4.78, 5) is 0. The van der Waals surface area contributed by atoms with Gasteiger partial charge in [-0.2, -0.15) is 0 Å². The number of aromatic hydroxyl groups is 2. The molecule has 2 heteroatoms. The maximum Gasteiger partial charge on any atom is 0.119 e. The lowest BCUT2D eigenvalue weighted by molar-refractivity contribution is 0.413. The van der Waals surface area contributed by atoms with Gasteiger partial charge in [-0.05, 0) is 59.6 Å². The van der Waals surface area contributed by atoms with Crippen LogP contribution in [0.3, 0.4) is 0 Å². The van der Waals surface area contributed by atoms with Crippen molar-refractivity contribution in [3.05, 3.63) is 58.7 Å². The van der Waals surface area contributed by atoms with Gasteiger partial charge in [0.15, 0.2) is 0 Å². The zero-order valence-corrected chi connectivity index (χ0v) is 13.9. The first-order chi connectivity index (χ1) is 11.2. The molecule has 0 unspecified atom stereocenters. The number of phenolic OH excluding ortho intramolecular Hbond substituents is 2. The smallest absolute Gasteiger partial charge is 0.119 e. The summed E-state index contributed by atoms with van der Waals surface area (Å²) in [6, 6.07) is 11.7. The van der Waals surface area contributed by atoms with E-state index in [1.807, 2.05) is 24.3 Å². The minimum absolute atomic E-state index is 0.349. The van der Waals surface area contributed by atoms with Crippen LogP contribution in [0.2, 0.25) is 0 Å². The van der Waals surface area contributed by atoms with E-state index in [4.69, 9.17) is 0 Å². The van der Waals surface area contributed by atoms with Gasteiger partial charge in [-0.25, -0.2) is 0 Å². The molecule has 0 saturated heterocycles. The highest BCUT2D eigenvalue weighted by molar-refractivity contribution is 5.47. The summed E-state index contributed by atoms with van der Waals surface area (Å²) < 4.78 is 0. The zero-order chi connectivity index (χ0) is 16.2. The second-order valence-electron chi connectivity index (χ2n) is 6.67. The fourth-order valence-corrected chi connectivity index (χ4v) is 3.80. The molecule has 0 spiro atoms. The average Bonchev–Trinajstić information content (AvgIpc) is 2.58. The Hall–Kier alpha value is -1.96. The highest BCUT2D eigenvalue weighted by Crippen LogP contribution is 2.39. The van der Waals surface area contributed by atoms with Gasteiger partial charge in [-0.15, -0.1) is 0 Å². The summed E-state index contributed by atoms with van der Waals surface area (Å²) in [5, 5.41) is 20.5. The molecule has 1 saturated carbocycles. The van der Waals surface area contributed by atoms with E-state index in [0.717, 1.165) is 24.0 Å². The quantitative estimate of drug-likeness (QED) is 0.804. The topological polar surface area (TPSA) is 40.5 Å². The highest BCUT2D eigenvalue weighted by atomic mass is 16.3. The van der Waals surface area contributed by atoms with E-state index < -0.39 is 0 Å². The van der Waals surface area contributed by atoms with Crippen LogP contribution in [-0.4, -0.2) is 10.2 Å². The molecule has 0 radical (unpaired) electrons. The van der Waals surface area contributed by atoms with Gasteiger partial charge in [0.25, 0.3) is 0 Å². The number of aryl methyl sites for hydroxylation is 1. The molecule has 1 aliphatic rings. The van der Waals surface area contributed by atoms with Crippen molar-refractivity contribution in [2.75, 3.05) is 0 Å². The number of hydrogen-bond acceptors (Lipinski definition) is 2. The van der Waals surface area contributed by atoms with Crippen molar-refractivity contribution in [2.45, 2.75) is 57.8 Å². The Labute approximate surface area is 138 Å². The Bertz CT molecular complexity index is 670. The summed E-state index contributed by atoms with van der Waals surface area (Å²) in [7, 11) is 0. The molecule has 1 aliphatic carbocycles. The van der Waals surface area contributed by atoms with Crippen molar-refractivity contribution < 1.29 is 10.2 Å². The van der Waals surface area contributed by atoms with Crippen LogP contribution in [-0.2, 0) is 12.8 Å². The Morgan fingerprint density at radius 3 is 2.30 bits per heavy atom. The molecule has 2 N–H and O–H groups in total. The first-order valence-corrected chi connectivity index (χ1v) is 8.80. The first kappa shape index (κ1) is 15.9. The fraction of sp³-hybridized carbons (Fsp3) is 0.429. The van der Waals surface area contributed by atoms with Crippen LogP contribution >= 0.6 is 0 Å². The molecule has 0 aliphatic heterocycles. The van der Waals surface area contributed by atoms with Gasteiger partial charge in [0.2, 0.25) is 0 Å². The third kappa shape index (κ3) is 3.52. The van der Waals surface area contributed by atoms with Gasteiger partial charge in [0.1, 0.15) is 11.5 Å². The summed E-state index contributed by atoms with van der Waals surface area (Å²) >= 11 is 0. The van der Waals surface area contributed by atoms with Crippen molar-refractivity contribution in [3.63, 3.8) is 0 Å². The molecular formula is C21H26O2. The average molecular weight is 310 g/mol. The summed E-state index contributed by atoms with van der Waals surface area (Å²) in [6.45, 7) is 2.11. The van der Waals surface area contributed by atoms with Crippen molar-refractivity contribution in [3.8, 4) is 11.5 Å². The summed E-state index contributed by atoms with van der Waals surface area (Å²) in [6.07, 6.45) is 7.79. The molecule has 0 aromatic heterocycles. The Balaban J connectivity index is 1.96. The van der Waals surface area contributed by atoms with Crippen LogP contribution in [0.15, 0.2) is 36.4 Å². The largest absolute Gasteiger partial charge is 0.508 e. The Kier molecular flexibility index (Phi) is 4.90. The van der Waals surface area contributed by atoms with Gasteiger partial charge in [-0.1, -0.05) is 50.5 Å². The van der Waals surface area contributed by atoms with Gasteiger partial charge >= 0.3 is 0 Å². The van der Waals surface area contributed by atoms with Gasteiger partial charge < -0.3 is 10.2 Å². The molecule has 3 rings (SSSR count). The predicted molar refractivity (Wildman–Crippen MR) is 94.2 cm³/mol. The van der Waals surface area contributed by atoms with E-state index >= 15 is 0 Å². The molecule has 23 heavy (non-hydrogen) atoms. The van der Waals surface area contributed by atoms with Gasteiger partial charge in [-0.3, -0.25) is 0 Å². The third-order valence-corrected chi connectivity index (χ3v) is 5.15. The molecule has 0 heterocycles. The molecule has 0 bridgehead atoms. The monoisotopic (exact) mass is 310 g/mol. The minimum atomic E-state index is 0.349. The van der Waals surface area contributed by atoms with E-state index in [-0.39, 0.29) is 0 Å². The molecule has 0 atom stereocenters. The molecule has 1 fully saturated rings. The number of rotatable bonds is 4. The van der Waals surface area contributed by atoms with Crippen molar-refractivity contribution >= 4 is 0 Å². The molecule has 0 amide bonds. The van der Waals surface area contributed by atoms with Gasteiger partial charge in [0, 0.05) is 6.42 Å². The summed E-state index contributed by atoms with van der Waals surface area (Å²) in [5.41, 5.74) is 4.45. The minimum Gasteiger partial charge on any atom is -0.508 e. The Morgan fingerprint density at radius 2 is 1.61 bits per heavy atom. The van der Waals surface area contributed by atoms with Gasteiger partial charge in [0.05, 0.1) is 0 Å². The number of hydrogen-bond donors (Lipinski definition) is 2. The standard InChI is InChI=1S/C21H26O2/c1-2-15-14-21(23)19(16-8-4-3-5-9-16)13-18(15)12-17-10-6-7-11-20(17)22/h6-7,10-11,13-14,16,22-23H,2-5,8-9,12H2,1H3. The number of para-hydroxylation sites is 1. The maximum atomic E-state index is 10.5. The van der Waals surface area contributed by atoms with E-state index in [9.17, 15) is 10.2 Å². The predicted octanol–water partition coefficient (Wildman–Crippen LogP) is 5.30. The molecule has 2 aromatic rings. The van der Waals surface area contributed by atoms with E-state index in [0.29, 0.717) is 17.4 Å². The second kappa shape index (κ2) is 7.08. The van der Waals surface area contributed by atoms with Crippen molar-refractivity contribution in [1.29, 1.82) is 0 Å². The molecule has 2 nitrogen and oxygen atoms in total. The highest BCUT2D eigenvalue weighted by Gasteiger charge is 2.20. The normalized spacial score (nSPS) is 15.7. The fourth-order valence-electron chi connectivity index (χ4n) is 3.80. The van der Waals surface area contributed by atoms with Crippen LogP contribution in [0.5, 0.6) is 11.5 Å². The van der Waals surface area contributed by atoms with E-state index in [2.05, 4.69) is 13.0 Å². The van der Waals surface area contributed by atoms with Crippen LogP contribution in [0, 0.1) is 0 Å². The lowest BCUT2D eigenvalue weighted by Gasteiger charge is -2.24. The van der Waals surface area contributed by atoms with Crippen LogP contribution in [0.4, 0.5) is 0 Å². The number of phenols is 2. The van der Waals surface area contributed by atoms with Crippen LogP contribution in [0.25, 0.3) is 0 Å². The zero-order valence-electron chi connectivity index (χ0n) is 13.9. The first-order valence-electron chi connectivity index (χ1n) is 8.80. The SMILES string of the molecule is CCc1cc(O)c(C2CCCCC2)cc1Cc1ccccc1O. The third-order valence-electron chi connectivity index (χ3n) is 5.15. The number of benzene rings is 2. The lowest BCUT2D eigenvalue weighted by atomic mass is 9.82. The summed E-state index contributed by atoms with van der Waals surface area (Å²) in [5.74, 6) is 1.29. The van der Waals surface area contributed by atoms with Crippen molar-refractivity contribution in [1.82, 2.24) is 0 Å². The lowest BCUT2D eigenvalue weighted by Crippen LogP contribution is -2.07.